The first-order valence-corrected chi connectivity index (χ1v) is 43.5. The number of hydrogen-bond acceptors (Lipinski definition) is 8. The van der Waals surface area contributed by atoms with Crippen molar-refractivity contribution in [2.24, 2.45) is 0 Å². The number of allylic oxidation sites excluding steroid dienone is 10. The molecule has 564 valence electrons. The number of phosphoric ester groups is 1. The fourth-order valence-corrected chi connectivity index (χ4v) is 13.4. The maximum absolute atomic E-state index is 12.9. The molecule has 2 unspecified atom stereocenters. The zero-order chi connectivity index (χ0) is 69.7. The summed E-state index contributed by atoms with van der Waals surface area (Å²) in [5.41, 5.74) is 0. The van der Waals surface area contributed by atoms with Gasteiger partial charge < -0.3 is 27.9 Å². The number of quaternary nitrogens is 1. The molecule has 0 aromatic carbocycles. The number of phosphoric acid groups is 1. The summed E-state index contributed by atoms with van der Waals surface area (Å²) in [7, 11) is 1.18. The van der Waals surface area contributed by atoms with Gasteiger partial charge >= 0.3 is 11.9 Å². The summed E-state index contributed by atoms with van der Waals surface area (Å²) in [6, 6.07) is 0. The van der Waals surface area contributed by atoms with Gasteiger partial charge in [0.25, 0.3) is 7.82 Å². The monoisotopic (exact) mass is 1370 g/mol. The molecule has 0 aliphatic rings. The molecule has 10 heteroatoms. The van der Waals surface area contributed by atoms with Crippen molar-refractivity contribution in [3.63, 3.8) is 0 Å². The first-order valence-electron chi connectivity index (χ1n) is 42.0. The fourth-order valence-electron chi connectivity index (χ4n) is 12.7. The van der Waals surface area contributed by atoms with Gasteiger partial charge in [-0.3, -0.25) is 14.2 Å². The number of hydrogen-bond donors (Lipinski definition) is 0. The van der Waals surface area contributed by atoms with E-state index in [4.69, 9.17) is 18.5 Å². The van der Waals surface area contributed by atoms with Crippen LogP contribution in [0, 0.1) is 0 Å². The highest BCUT2D eigenvalue weighted by atomic mass is 31.2. The second-order valence-corrected chi connectivity index (χ2v) is 31.2. The number of rotatable bonds is 79. The molecule has 0 bridgehead atoms. The molecule has 0 heterocycles. The van der Waals surface area contributed by atoms with Crippen LogP contribution in [0.3, 0.4) is 0 Å². The molecule has 0 aromatic rings. The van der Waals surface area contributed by atoms with Gasteiger partial charge in [0, 0.05) is 12.8 Å². The molecule has 0 spiro atoms. The molecule has 0 fully saturated rings. The largest absolute Gasteiger partial charge is 0.756 e. The van der Waals surface area contributed by atoms with Gasteiger partial charge in [-0.25, -0.2) is 0 Å². The molecule has 0 rings (SSSR count). The summed E-state index contributed by atoms with van der Waals surface area (Å²) < 4.78 is 34.4. The van der Waals surface area contributed by atoms with Crippen LogP contribution in [0.25, 0.3) is 0 Å². The van der Waals surface area contributed by atoms with Crippen molar-refractivity contribution in [2.45, 2.75) is 431 Å². The summed E-state index contributed by atoms with van der Waals surface area (Å²) in [5, 5.41) is 0. The SMILES string of the molecule is CC/C=C\C/C=C\C/C=C\C/C=C\C/C=C\CCCCCCCCCCCCCCCCCC(=O)OC(COC(=O)CCCCCCCCCCCCCCCCCCCCCCCCCCCCCCCCCCCCCCCCCCC)COP(=O)([O-])OCC[N+](C)(C)C. The van der Waals surface area contributed by atoms with Crippen molar-refractivity contribution in [2.75, 3.05) is 47.5 Å². The van der Waals surface area contributed by atoms with Crippen LogP contribution >= 0.6 is 7.82 Å². The Hall–Kier alpha value is -2.29. The van der Waals surface area contributed by atoms with E-state index < -0.39 is 26.5 Å². The lowest BCUT2D eigenvalue weighted by molar-refractivity contribution is -0.870. The quantitative estimate of drug-likeness (QED) is 0.0195. The number of ether oxygens (including phenoxy) is 2. The van der Waals surface area contributed by atoms with Crippen molar-refractivity contribution < 1.29 is 42.1 Å². The first-order chi connectivity index (χ1) is 47.0. The van der Waals surface area contributed by atoms with E-state index in [1.54, 1.807) is 0 Å². The van der Waals surface area contributed by atoms with E-state index in [0.29, 0.717) is 17.4 Å². The molecule has 0 aliphatic carbocycles. The van der Waals surface area contributed by atoms with Crippen LogP contribution in [0.1, 0.15) is 425 Å². The maximum atomic E-state index is 12.9. The van der Waals surface area contributed by atoms with Crippen LogP contribution in [0.4, 0.5) is 0 Å². The van der Waals surface area contributed by atoms with Gasteiger partial charge in [-0.05, 0) is 57.8 Å². The van der Waals surface area contributed by atoms with Crippen LogP contribution < -0.4 is 4.89 Å². The molecule has 0 saturated carbocycles. The lowest BCUT2D eigenvalue weighted by atomic mass is 10.0. The zero-order valence-corrected chi connectivity index (χ0v) is 65.5. The minimum absolute atomic E-state index is 0.0296. The van der Waals surface area contributed by atoms with Gasteiger partial charge in [0.1, 0.15) is 19.8 Å². The highest BCUT2D eigenvalue weighted by Crippen LogP contribution is 2.38. The molecular formula is C86H162NO8P. The average Bonchev–Trinajstić information content (AvgIpc) is 1.97. The number of nitrogens with zero attached hydrogens (tertiary/aromatic N) is 1. The summed E-state index contributed by atoms with van der Waals surface area (Å²) >= 11 is 0. The van der Waals surface area contributed by atoms with Crippen molar-refractivity contribution >= 4 is 19.8 Å². The van der Waals surface area contributed by atoms with Crippen molar-refractivity contribution in [3.8, 4) is 0 Å². The highest BCUT2D eigenvalue weighted by Gasteiger charge is 2.22. The van der Waals surface area contributed by atoms with E-state index >= 15 is 0 Å². The second-order valence-electron chi connectivity index (χ2n) is 29.8. The fraction of sp³-hybridized carbons (Fsp3) is 0.860. The zero-order valence-electron chi connectivity index (χ0n) is 64.6. The van der Waals surface area contributed by atoms with Crippen molar-refractivity contribution in [1.29, 1.82) is 0 Å². The minimum Gasteiger partial charge on any atom is -0.756 e. The predicted octanol–water partition coefficient (Wildman–Crippen LogP) is 27.4. The Labute approximate surface area is 597 Å². The molecule has 0 radical (unpaired) electrons. The average molecular weight is 1370 g/mol. The van der Waals surface area contributed by atoms with Crippen LogP contribution in [-0.2, 0) is 32.7 Å². The standard InChI is InChI=1S/C86H162NO8P/c1-6-8-10-12-14-16-18-20-22-24-26-28-30-32-34-36-38-39-40-41-42-43-44-45-46-47-49-50-52-54-56-58-60-62-64-66-68-70-72-74-76-78-85(88)92-82-84(83-94-96(90,91)93-81-80-87(3,4)5)95-86(89)79-77-75-73-71-69-67-65-63-61-59-57-55-53-51-48-37-35-33-31-29-27-25-23-21-19-17-15-13-11-9-7-2/h9,11,15,17,21,23,27,29,33,35,84H,6-8,10,12-14,16,18-20,22,24-26,28,30-32,34,36-83H2,1-5H3/b11-9-,17-15-,23-21-,29-27-,35-33-. The predicted molar refractivity (Wildman–Crippen MR) is 416 cm³/mol. The molecule has 96 heavy (non-hydrogen) atoms. The third-order valence-electron chi connectivity index (χ3n) is 19.1. The number of likely N-dealkylation sites (N-methyl/N-ethyl adjacent to an activating group) is 1. The minimum atomic E-state index is -4.65. The molecule has 0 amide bonds. The van der Waals surface area contributed by atoms with E-state index in [1.165, 1.54) is 321 Å². The van der Waals surface area contributed by atoms with Crippen LogP contribution in [0.15, 0.2) is 60.8 Å². The van der Waals surface area contributed by atoms with Gasteiger partial charge in [-0.15, -0.1) is 0 Å². The third-order valence-corrected chi connectivity index (χ3v) is 20.0. The normalized spacial score (nSPS) is 13.3. The number of unbranched alkanes of at least 4 members (excludes halogenated alkanes) is 55. The molecular weight excluding hydrogens is 1210 g/mol. The van der Waals surface area contributed by atoms with E-state index in [9.17, 15) is 19.0 Å². The number of carbonyl (C=O) groups is 2. The Balaban J connectivity index is 3.87. The van der Waals surface area contributed by atoms with Gasteiger partial charge in [0.05, 0.1) is 27.7 Å². The van der Waals surface area contributed by atoms with E-state index in [1.807, 2.05) is 21.1 Å². The molecule has 0 aromatic heterocycles. The Morgan fingerprint density at radius 3 is 0.885 bits per heavy atom. The van der Waals surface area contributed by atoms with Crippen LogP contribution in [0.2, 0.25) is 0 Å². The van der Waals surface area contributed by atoms with E-state index in [2.05, 4.69) is 74.6 Å². The smallest absolute Gasteiger partial charge is 0.306 e. The summed E-state index contributed by atoms with van der Waals surface area (Å²) in [5.74, 6) is -0.813. The molecule has 0 N–H and O–H groups in total. The number of esters is 2. The molecule has 2 atom stereocenters. The summed E-state index contributed by atoms with van der Waals surface area (Å²) in [6.07, 6.45) is 104. The first kappa shape index (κ1) is 93.7. The molecule has 0 aliphatic heterocycles. The Morgan fingerprint density at radius 1 is 0.333 bits per heavy atom. The van der Waals surface area contributed by atoms with Crippen LogP contribution in [0.5, 0.6) is 0 Å². The topological polar surface area (TPSA) is 111 Å². The molecule has 9 nitrogen and oxygen atoms in total. The Morgan fingerprint density at radius 2 is 0.594 bits per heavy atom. The van der Waals surface area contributed by atoms with E-state index in [0.717, 1.165) is 70.6 Å². The lowest BCUT2D eigenvalue weighted by Crippen LogP contribution is -2.37. The van der Waals surface area contributed by atoms with Crippen molar-refractivity contribution in [3.05, 3.63) is 60.8 Å². The Bertz CT molecular complexity index is 1800. The van der Waals surface area contributed by atoms with E-state index in [-0.39, 0.29) is 32.0 Å². The van der Waals surface area contributed by atoms with Crippen molar-refractivity contribution in [1.82, 2.24) is 0 Å². The number of carbonyl (C=O) groups excluding carboxylic acids is 2. The summed E-state index contributed by atoms with van der Waals surface area (Å²) in [4.78, 5) is 38.2. The summed E-state index contributed by atoms with van der Waals surface area (Å²) in [6.45, 7) is 4.20. The van der Waals surface area contributed by atoms with Crippen LogP contribution in [-0.4, -0.2) is 70.0 Å². The highest BCUT2D eigenvalue weighted by molar-refractivity contribution is 7.45. The lowest BCUT2D eigenvalue weighted by Gasteiger charge is -2.28. The third kappa shape index (κ3) is 80.7. The van der Waals surface area contributed by atoms with Gasteiger partial charge in [-0.1, -0.05) is 415 Å². The maximum Gasteiger partial charge on any atom is 0.306 e. The van der Waals surface area contributed by atoms with Gasteiger partial charge in [0.2, 0.25) is 0 Å². The Kier molecular flexibility index (Phi) is 75.0. The second kappa shape index (κ2) is 76.9. The molecule has 0 saturated heterocycles. The van der Waals surface area contributed by atoms with Gasteiger partial charge in [-0.2, -0.15) is 0 Å². The van der Waals surface area contributed by atoms with Gasteiger partial charge in [0.15, 0.2) is 6.10 Å².